The third-order valence-corrected chi connectivity index (χ3v) is 3.45. The Balaban J connectivity index is 2.02. The predicted molar refractivity (Wildman–Crippen MR) is 86.6 cm³/mol. The van der Waals surface area contributed by atoms with Gasteiger partial charge >= 0.3 is 5.63 Å². The smallest absolute Gasteiger partial charge is 0.362 e. The van der Waals surface area contributed by atoms with Gasteiger partial charge in [0, 0.05) is 11.6 Å². The van der Waals surface area contributed by atoms with Crippen LogP contribution >= 0.6 is 0 Å². The van der Waals surface area contributed by atoms with Crippen LogP contribution in [-0.2, 0) is 6.42 Å². The van der Waals surface area contributed by atoms with E-state index in [4.69, 9.17) is 4.42 Å². The fraction of sp³-hybridized carbons (Fsp3) is 0.111. The van der Waals surface area contributed by atoms with Gasteiger partial charge in [-0.3, -0.25) is 0 Å². The van der Waals surface area contributed by atoms with Crippen LogP contribution in [0.5, 0.6) is 0 Å². The molecular weight excluding hydrogens is 278 g/mol. The van der Waals surface area contributed by atoms with Crippen molar-refractivity contribution in [2.45, 2.75) is 13.3 Å². The van der Waals surface area contributed by atoms with E-state index in [0.717, 1.165) is 6.42 Å². The van der Waals surface area contributed by atoms with Gasteiger partial charge in [0.25, 0.3) is 0 Å². The summed E-state index contributed by atoms with van der Waals surface area (Å²) in [5.41, 5.74) is 2.32. The molecule has 0 fully saturated rings. The average Bonchev–Trinajstić information content (AvgIpc) is 2.55. The first-order chi connectivity index (χ1) is 10.7. The van der Waals surface area contributed by atoms with Crippen LogP contribution in [0.15, 0.2) is 57.7 Å². The Kier molecular flexibility index (Phi) is 3.74. The molecule has 0 spiro atoms. The minimum atomic E-state index is -0.574. The lowest BCUT2D eigenvalue weighted by molar-refractivity contribution is 0.514. The molecule has 3 rings (SSSR count). The molecule has 0 radical (unpaired) electrons. The minimum Gasteiger partial charge on any atom is -0.507 e. The van der Waals surface area contributed by atoms with Gasteiger partial charge in [0.1, 0.15) is 11.3 Å². The number of para-hydroxylation sites is 2. The summed E-state index contributed by atoms with van der Waals surface area (Å²) in [5, 5.41) is 10.2. The molecule has 3 aromatic rings. The summed E-state index contributed by atoms with van der Waals surface area (Å²) < 4.78 is 5.19. The van der Waals surface area contributed by atoms with Crippen molar-refractivity contribution >= 4 is 22.9 Å². The zero-order chi connectivity index (χ0) is 15.5. The Morgan fingerprint density at radius 1 is 1.18 bits per heavy atom. The van der Waals surface area contributed by atoms with E-state index in [0.29, 0.717) is 16.7 Å². The monoisotopic (exact) mass is 293 g/mol. The van der Waals surface area contributed by atoms with E-state index >= 15 is 0 Å². The van der Waals surface area contributed by atoms with Crippen LogP contribution in [0.25, 0.3) is 22.9 Å². The Morgan fingerprint density at radius 3 is 2.64 bits per heavy atom. The number of fused-ring (bicyclic) bond motifs is 1. The molecule has 1 heterocycles. The van der Waals surface area contributed by atoms with Crippen LogP contribution in [0.1, 0.15) is 23.7 Å². The highest BCUT2D eigenvalue weighted by molar-refractivity contribution is 5.78. The van der Waals surface area contributed by atoms with Crippen molar-refractivity contribution in [3.05, 3.63) is 75.8 Å². The van der Waals surface area contributed by atoms with Gasteiger partial charge in [-0.1, -0.05) is 43.3 Å². The first-order valence-corrected chi connectivity index (χ1v) is 7.07. The van der Waals surface area contributed by atoms with E-state index in [9.17, 15) is 9.90 Å². The molecule has 22 heavy (non-hydrogen) atoms. The second kappa shape index (κ2) is 5.85. The summed E-state index contributed by atoms with van der Waals surface area (Å²) in [5.74, 6) is -0.0160. The highest BCUT2D eigenvalue weighted by atomic mass is 16.4. The molecule has 0 saturated heterocycles. The Labute approximate surface area is 127 Å². The normalized spacial score (nSPS) is 11.8. The van der Waals surface area contributed by atoms with Crippen LogP contribution < -0.4 is 5.63 Å². The van der Waals surface area contributed by atoms with Crippen LogP contribution in [0, 0.1) is 0 Å². The van der Waals surface area contributed by atoms with E-state index in [-0.39, 0.29) is 11.5 Å². The highest BCUT2D eigenvalue weighted by Gasteiger charge is 2.07. The van der Waals surface area contributed by atoms with E-state index in [1.165, 1.54) is 11.6 Å². The molecule has 1 N–H and O–H groups in total. The first-order valence-electron chi connectivity index (χ1n) is 7.07. The molecule has 0 aliphatic rings. The minimum absolute atomic E-state index is 0.0160. The second-order valence-corrected chi connectivity index (χ2v) is 4.93. The average molecular weight is 293 g/mol. The van der Waals surface area contributed by atoms with Crippen molar-refractivity contribution in [1.29, 1.82) is 0 Å². The van der Waals surface area contributed by atoms with Gasteiger partial charge in [-0.05, 0) is 24.1 Å². The fourth-order valence-corrected chi connectivity index (χ4v) is 2.18. The highest BCUT2D eigenvalue weighted by Crippen LogP contribution is 2.16. The van der Waals surface area contributed by atoms with Crippen LogP contribution in [-0.4, -0.2) is 10.1 Å². The third-order valence-electron chi connectivity index (χ3n) is 3.45. The SMILES string of the molecule is CCc1ccc(/C(O)=C/c2nc3ccccc3oc2=O)cc1. The first kappa shape index (κ1) is 14.1. The number of nitrogens with zero attached hydrogens (tertiary/aromatic N) is 1. The number of benzene rings is 2. The Bertz CT molecular complexity index is 892. The predicted octanol–water partition coefficient (Wildman–Crippen LogP) is 3.81. The van der Waals surface area contributed by atoms with Gasteiger partial charge in [0.15, 0.2) is 11.3 Å². The van der Waals surface area contributed by atoms with Crippen molar-refractivity contribution in [3.63, 3.8) is 0 Å². The lowest BCUT2D eigenvalue weighted by Crippen LogP contribution is -2.06. The summed E-state index contributed by atoms with van der Waals surface area (Å²) in [7, 11) is 0. The maximum atomic E-state index is 11.9. The van der Waals surface area contributed by atoms with Crippen molar-refractivity contribution < 1.29 is 9.52 Å². The molecule has 1 aromatic heterocycles. The zero-order valence-electron chi connectivity index (χ0n) is 12.1. The molecular formula is C18H15NO3. The molecule has 0 aliphatic heterocycles. The Hall–Kier alpha value is -2.88. The molecule has 4 heteroatoms. The standard InChI is InChI=1S/C18H15NO3/c1-2-12-7-9-13(10-8-12)16(20)11-15-18(21)22-17-6-4-3-5-14(17)19-15/h3-11,20H,2H2,1H3/b16-11-. The van der Waals surface area contributed by atoms with E-state index < -0.39 is 5.63 Å². The van der Waals surface area contributed by atoms with E-state index in [2.05, 4.69) is 11.9 Å². The molecule has 0 unspecified atom stereocenters. The van der Waals surface area contributed by atoms with Crippen molar-refractivity contribution in [3.8, 4) is 0 Å². The maximum absolute atomic E-state index is 11.9. The number of rotatable bonds is 3. The molecule has 110 valence electrons. The van der Waals surface area contributed by atoms with Crippen LogP contribution in [0.4, 0.5) is 0 Å². The molecule has 4 nitrogen and oxygen atoms in total. The summed E-state index contributed by atoms with van der Waals surface area (Å²) in [6.07, 6.45) is 2.26. The fourth-order valence-electron chi connectivity index (χ4n) is 2.18. The molecule has 0 bridgehead atoms. The largest absolute Gasteiger partial charge is 0.507 e. The number of aromatic nitrogens is 1. The van der Waals surface area contributed by atoms with Gasteiger partial charge in [0.05, 0.1) is 0 Å². The summed E-state index contributed by atoms with van der Waals surface area (Å²) >= 11 is 0. The van der Waals surface area contributed by atoms with E-state index in [1.54, 1.807) is 18.2 Å². The third kappa shape index (κ3) is 2.76. The number of hydrogen-bond acceptors (Lipinski definition) is 4. The van der Waals surface area contributed by atoms with Crippen LogP contribution in [0.3, 0.4) is 0 Å². The van der Waals surface area contributed by atoms with Gasteiger partial charge < -0.3 is 9.52 Å². The van der Waals surface area contributed by atoms with Crippen molar-refractivity contribution in [1.82, 2.24) is 4.98 Å². The number of aliphatic hydroxyl groups excluding tert-OH is 1. The zero-order valence-corrected chi connectivity index (χ0v) is 12.1. The molecule has 0 atom stereocenters. The van der Waals surface area contributed by atoms with Gasteiger partial charge in [-0.25, -0.2) is 9.78 Å². The molecule has 2 aromatic carbocycles. The second-order valence-electron chi connectivity index (χ2n) is 4.93. The molecule has 0 amide bonds. The lowest BCUT2D eigenvalue weighted by Gasteiger charge is -2.02. The van der Waals surface area contributed by atoms with E-state index in [1.807, 2.05) is 30.3 Å². The molecule has 0 saturated carbocycles. The van der Waals surface area contributed by atoms with Gasteiger partial charge in [-0.15, -0.1) is 0 Å². The lowest BCUT2D eigenvalue weighted by atomic mass is 10.1. The van der Waals surface area contributed by atoms with Crippen molar-refractivity contribution in [2.24, 2.45) is 0 Å². The topological polar surface area (TPSA) is 63.3 Å². The van der Waals surface area contributed by atoms with Crippen LogP contribution in [0.2, 0.25) is 0 Å². The number of aryl methyl sites for hydroxylation is 1. The van der Waals surface area contributed by atoms with Crippen molar-refractivity contribution in [2.75, 3.05) is 0 Å². The van der Waals surface area contributed by atoms with Gasteiger partial charge in [-0.2, -0.15) is 0 Å². The summed E-state index contributed by atoms with van der Waals surface area (Å²) in [6, 6.07) is 14.5. The Morgan fingerprint density at radius 2 is 1.91 bits per heavy atom. The number of aliphatic hydroxyl groups is 1. The van der Waals surface area contributed by atoms with Gasteiger partial charge in [0.2, 0.25) is 0 Å². The maximum Gasteiger partial charge on any atom is 0.362 e. The number of hydrogen-bond donors (Lipinski definition) is 1. The quantitative estimate of drug-likeness (QED) is 0.746. The summed E-state index contributed by atoms with van der Waals surface area (Å²) in [6.45, 7) is 2.06. The summed E-state index contributed by atoms with van der Waals surface area (Å²) in [4.78, 5) is 16.1. The molecule has 0 aliphatic carbocycles.